The number of hydrogen-bond acceptors (Lipinski definition) is 7. The van der Waals surface area contributed by atoms with Crippen LogP contribution in [0.15, 0.2) is 36.4 Å². The van der Waals surface area contributed by atoms with Crippen LogP contribution in [-0.2, 0) is 20.7 Å². The summed E-state index contributed by atoms with van der Waals surface area (Å²) in [6, 6.07) is 10.2. The molecule has 0 bridgehead atoms. The summed E-state index contributed by atoms with van der Waals surface area (Å²) in [5.41, 5.74) is 1.15. The van der Waals surface area contributed by atoms with Gasteiger partial charge in [0, 0.05) is 6.07 Å². The molecule has 2 rings (SSSR count). The van der Waals surface area contributed by atoms with Crippen molar-refractivity contribution in [2.24, 2.45) is 0 Å². The van der Waals surface area contributed by atoms with Crippen LogP contribution in [-0.4, -0.2) is 45.9 Å². The first-order chi connectivity index (χ1) is 14.5. The first-order valence-electron chi connectivity index (χ1n) is 9.56. The zero-order valence-corrected chi connectivity index (χ0v) is 17.7. The lowest BCUT2D eigenvalue weighted by Crippen LogP contribution is -2.22. The fraction of sp³-hybridized carbons (Fsp3) is 0.364. The summed E-state index contributed by atoms with van der Waals surface area (Å²) < 4.78 is 26.5. The number of hydrogen-bond donors (Lipinski definition) is 1. The van der Waals surface area contributed by atoms with Gasteiger partial charge in [0.2, 0.25) is 0 Å². The Morgan fingerprint density at radius 1 is 0.867 bits per heavy atom. The Kier molecular flexibility index (Phi) is 8.80. The van der Waals surface area contributed by atoms with E-state index in [4.69, 9.17) is 23.7 Å². The summed E-state index contributed by atoms with van der Waals surface area (Å²) >= 11 is 0. The van der Waals surface area contributed by atoms with Crippen molar-refractivity contribution < 1.29 is 33.3 Å². The van der Waals surface area contributed by atoms with Gasteiger partial charge in [-0.1, -0.05) is 6.07 Å². The highest BCUT2D eigenvalue weighted by Gasteiger charge is 2.13. The van der Waals surface area contributed by atoms with Crippen LogP contribution in [0.3, 0.4) is 0 Å². The molecule has 0 spiro atoms. The molecule has 0 unspecified atom stereocenters. The molecule has 162 valence electrons. The van der Waals surface area contributed by atoms with Gasteiger partial charge in [-0.15, -0.1) is 0 Å². The van der Waals surface area contributed by atoms with Gasteiger partial charge in [-0.05, 0) is 43.7 Å². The predicted molar refractivity (Wildman–Crippen MR) is 112 cm³/mol. The Morgan fingerprint density at radius 2 is 1.60 bits per heavy atom. The first-order valence-corrected chi connectivity index (χ1v) is 9.56. The molecule has 8 nitrogen and oxygen atoms in total. The smallest absolute Gasteiger partial charge is 0.310 e. The number of amides is 1. The molecule has 0 atom stereocenters. The van der Waals surface area contributed by atoms with Crippen LogP contribution in [0.1, 0.15) is 19.4 Å². The van der Waals surface area contributed by atoms with E-state index in [1.165, 1.54) is 14.2 Å². The number of carbonyl (C=O) groups excluding carboxylic acids is 2. The molecule has 1 N–H and O–H groups in total. The molecule has 2 aromatic rings. The largest absolute Gasteiger partial charge is 0.497 e. The maximum Gasteiger partial charge on any atom is 0.310 e. The number of ether oxygens (including phenoxy) is 5. The van der Waals surface area contributed by atoms with E-state index >= 15 is 0 Å². The molecule has 0 heterocycles. The lowest BCUT2D eigenvalue weighted by atomic mass is 10.1. The number of esters is 1. The average molecular weight is 417 g/mol. The molecule has 30 heavy (non-hydrogen) atoms. The quantitative estimate of drug-likeness (QED) is 0.561. The van der Waals surface area contributed by atoms with Crippen LogP contribution in [0.4, 0.5) is 5.69 Å². The number of methoxy groups -OCH3 is 2. The molecule has 0 aliphatic rings. The highest BCUT2D eigenvalue weighted by atomic mass is 16.5. The lowest BCUT2D eigenvalue weighted by molar-refractivity contribution is -0.146. The van der Waals surface area contributed by atoms with Gasteiger partial charge in [0.25, 0.3) is 5.91 Å². The van der Waals surface area contributed by atoms with Gasteiger partial charge >= 0.3 is 5.97 Å². The van der Waals surface area contributed by atoms with E-state index in [0.717, 1.165) is 0 Å². The van der Waals surface area contributed by atoms with Gasteiger partial charge < -0.3 is 29.0 Å². The van der Waals surface area contributed by atoms with Crippen molar-refractivity contribution in [3.8, 4) is 23.0 Å². The minimum atomic E-state index is -0.529. The van der Waals surface area contributed by atoms with E-state index in [0.29, 0.717) is 47.5 Å². The number of nitrogens with one attached hydrogen (secondary N) is 1. The Balaban J connectivity index is 1.91. The van der Waals surface area contributed by atoms with E-state index in [2.05, 4.69) is 5.32 Å². The Labute approximate surface area is 176 Å². The van der Waals surface area contributed by atoms with Crippen LogP contribution in [0.5, 0.6) is 23.0 Å². The fourth-order valence-corrected chi connectivity index (χ4v) is 2.66. The minimum absolute atomic E-state index is 0.00557. The molecular weight excluding hydrogens is 390 g/mol. The Hall–Kier alpha value is -3.42. The van der Waals surface area contributed by atoms with Crippen molar-refractivity contribution >= 4 is 17.6 Å². The van der Waals surface area contributed by atoms with Crippen LogP contribution >= 0.6 is 0 Å². The van der Waals surface area contributed by atoms with Gasteiger partial charge in [0.15, 0.2) is 18.1 Å². The lowest BCUT2D eigenvalue weighted by Gasteiger charge is -2.13. The third-order valence-corrected chi connectivity index (χ3v) is 4.00. The zero-order chi connectivity index (χ0) is 21.9. The molecule has 0 fully saturated rings. The van der Waals surface area contributed by atoms with Crippen molar-refractivity contribution in [3.05, 3.63) is 42.0 Å². The Bertz CT molecular complexity index is 867. The second-order valence-corrected chi connectivity index (χ2v) is 6.10. The number of rotatable bonds is 11. The summed E-state index contributed by atoms with van der Waals surface area (Å²) in [5, 5.41) is 2.65. The van der Waals surface area contributed by atoms with Crippen molar-refractivity contribution in [1.82, 2.24) is 0 Å². The van der Waals surface area contributed by atoms with Gasteiger partial charge in [0.1, 0.15) is 11.5 Å². The summed E-state index contributed by atoms with van der Waals surface area (Å²) in [4.78, 5) is 24.3. The van der Waals surface area contributed by atoms with Crippen molar-refractivity contribution in [3.63, 3.8) is 0 Å². The fourth-order valence-electron chi connectivity index (χ4n) is 2.66. The van der Waals surface area contributed by atoms with Gasteiger partial charge in [-0.2, -0.15) is 0 Å². The normalized spacial score (nSPS) is 10.1. The standard InChI is InChI=1S/C22H27NO7/c1-5-28-18-10-7-15(11-20(18)29-6-2)12-22(25)30-14-21(24)23-17-9-8-16(26-3)13-19(17)27-4/h7-11,13H,5-6,12,14H2,1-4H3,(H,23,24). The molecule has 0 aromatic heterocycles. The number of benzene rings is 2. The minimum Gasteiger partial charge on any atom is -0.497 e. The van der Waals surface area contributed by atoms with Crippen LogP contribution in [0.2, 0.25) is 0 Å². The van der Waals surface area contributed by atoms with Gasteiger partial charge in [-0.25, -0.2) is 0 Å². The first kappa shape index (κ1) is 22.9. The third kappa shape index (κ3) is 6.58. The maximum atomic E-state index is 12.1. The molecule has 2 aromatic carbocycles. The molecule has 0 aliphatic carbocycles. The van der Waals surface area contributed by atoms with Crippen molar-refractivity contribution in [2.75, 3.05) is 39.4 Å². The van der Waals surface area contributed by atoms with E-state index in [9.17, 15) is 9.59 Å². The maximum absolute atomic E-state index is 12.1. The van der Waals surface area contributed by atoms with Crippen LogP contribution in [0.25, 0.3) is 0 Å². The molecule has 8 heteroatoms. The summed E-state index contributed by atoms with van der Waals surface area (Å²) in [5.74, 6) is 1.20. The molecular formula is C22H27NO7. The van der Waals surface area contributed by atoms with Gasteiger partial charge in [0.05, 0.1) is 39.5 Å². The van der Waals surface area contributed by atoms with Crippen molar-refractivity contribution in [2.45, 2.75) is 20.3 Å². The monoisotopic (exact) mass is 417 g/mol. The summed E-state index contributed by atoms with van der Waals surface area (Å²) in [7, 11) is 3.02. The van der Waals surface area contributed by atoms with E-state index in [1.54, 1.807) is 36.4 Å². The third-order valence-electron chi connectivity index (χ3n) is 4.00. The number of carbonyl (C=O) groups is 2. The van der Waals surface area contributed by atoms with Crippen molar-refractivity contribution in [1.29, 1.82) is 0 Å². The molecule has 0 aliphatic heterocycles. The van der Waals surface area contributed by atoms with E-state index in [-0.39, 0.29) is 6.42 Å². The average Bonchev–Trinajstić information content (AvgIpc) is 2.74. The van der Waals surface area contributed by atoms with Crippen LogP contribution in [0, 0.1) is 0 Å². The van der Waals surface area contributed by atoms with Gasteiger partial charge in [-0.3, -0.25) is 9.59 Å². The molecule has 0 saturated carbocycles. The van der Waals surface area contributed by atoms with E-state index in [1.807, 2.05) is 13.8 Å². The number of anilines is 1. The SMILES string of the molecule is CCOc1ccc(CC(=O)OCC(=O)Nc2ccc(OC)cc2OC)cc1OCC. The highest BCUT2D eigenvalue weighted by Crippen LogP contribution is 2.30. The second-order valence-electron chi connectivity index (χ2n) is 6.10. The van der Waals surface area contributed by atoms with E-state index < -0.39 is 18.5 Å². The predicted octanol–water partition coefficient (Wildman–Crippen LogP) is 3.23. The summed E-state index contributed by atoms with van der Waals surface area (Å²) in [6.07, 6.45) is 0.00557. The molecule has 1 amide bonds. The van der Waals surface area contributed by atoms with Crippen LogP contribution < -0.4 is 24.3 Å². The highest BCUT2D eigenvalue weighted by molar-refractivity contribution is 5.94. The Morgan fingerprint density at radius 3 is 2.27 bits per heavy atom. The molecule has 0 saturated heterocycles. The topological polar surface area (TPSA) is 92.3 Å². The molecule has 0 radical (unpaired) electrons. The summed E-state index contributed by atoms with van der Waals surface area (Å²) in [6.45, 7) is 4.32. The zero-order valence-electron chi connectivity index (χ0n) is 17.7. The second kappa shape index (κ2) is 11.5.